The molecule has 1 atom stereocenters. The number of amides is 1. The summed E-state index contributed by atoms with van der Waals surface area (Å²) in [4.78, 5) is 17.1. The van der Waals surface area contributed by atoms with Crippen LogP contribution in [0.1, 0.15) is 29.7 Å². The minimum absolute atomic E-state index is 0.0889. The fourth-order valence-corrected chi connectivity index (χ4v) is 4.49. The number of hydrogen-bond donors (Lipinski definition) is 2. The van der Waals surface area contributed by atoms with E-state index in [9.17, 15) is 4.79 Å². The van der Waals surface area contributed by atoms with Crippen molar-refractivity contribution in [2.24, 2.45) is 0 Å². The molecule has 1 saturated heterocycles. The van der Waals surface area contributed by atoms with Gasteiger partial charge in [-0.3, -0.25) is 4.79 Å². The molecule has 1 amide bonds. The summed E-state index contributed by atoms with van der Waals surface area (Å²) >= 11 is 0. The highest BCUT2D eigenvalue weighted by atomic mass is 16.2. The summed E-state index contributed by atoms with van der Waals surface area (Å²) < 4.78 is 0. The summed E-state index contributed by atoms with van der Waals surface area (Å²) in [5.41, 5.74) is 4.83. The van der Waals surface area contributed by atoms with Crippen molar-refractivity contribution in [3.05, 3.63) is 102 Å². The third-order valence-corrected chi connectivity index (χ3v) is 6.42. The molecule has 1 fully saturated rings. The number of rotatable bonds is 6. The first-order valence-electron chi connectivity index (χ1n) is 11.2. The Morgan fingerprint density at radius 1 is 0.839 bits per heavy atom. The van der Waals surface area contributed by atoms with E-state index in [4.69, 9.17) is 0 Å². The highest BCUT2D eigenvalue weighted by Gasteiger charge is 2.31. The Hall–Kier alpha value is -3.11. The van der Waals surface area contributed by atoms with Crippen LogP contribution in [0, 0.1) is 6.92 Å². The Kier molecular flexibility index (Phi) is 6.68. The first-order chi connectivity index (χ1) is 15.1. The minimum atomic E-state index is -0.134. The third kappa shape index (κ3) is 4.97. The molecule has 1 heterocycles. The lowest BCUT2D eigenvalue weighted by molar-refractivity contribution is -0.914. The van der Waals surface area contributed by atoms with Crippen molar-refractivity contribution in [3.63, 3.8) is 0 Å². The van der Waals surface area contributed by atoms with Crippen LogP contribution in [0.2, 0.25) is 0 Å². The van der Waals surface area contributed by atoms with Gasteiger partial charge in [-0.2, -0.15) is 0 Å². The largest absolute Gasteiger partial charge is 0.360 e. The molecule has 0 spiro atoms. The van der Waals surface area contributed by atoms with E-state index in [2.05, 4.69) is 72.6 Å². The number of para-hydroxylation sites is 1. The zero-order valence-corrected chi connectivity index (χ0v) is 18.4. The van der Waals surface area contributed by atoms with Crippen molar-refractivity contribution in [1.29, 1.82) is 0 Å². The predicted octanol–water partition coefficient (Wildman–Crippen LogP) is 2.99. The normalized spacial score (nSPS) is 15.6. The highest BCUT2D eigenvalue weighted by molar-refractivity contribution is 5.81. The molecule has 0 aromatic heterocycles. The second kappa shape index (κ2) is 9.80. The van der Waals surface area contributed by atoms with Crippen LogP contribution in [0.15, 0.2) is 84.9 Å². The highest BCUT2D eigenvalue weighted by Crippen LogP contribution is 2.22. The number of carbonyl (C=O) groups is 1. The van der Waals surface area contributed by atoms with Gasteiger partial charge in [0.05, 0.1) is 32.2 Å². The van der Waals surface area contributed by atoms with Crippen LogP contribution >= 0.6 is 0 Å². The van der Waals surface area contributed by atoms with Gasteiger partial charge in [0.2, 0.25) is 0 Å². The van der Waals surface area contributed by atoms with Crippen molar-refractivity contribution in [2.45, 2.75) is 25.9 Å². The van der Waals surface area contributed by atoms with Gasteiger partial charge in [0.1, 0.15) is 0 Å². The minimum Gasteiger partial charge on any atom is -0.360 e. The second-order valence-corrected chi connectivity index (χ2v) is 8.42. The molecule has 160 valence electrons. The summed E-state index contributed by atoms with van der Waals surface area (Å²) in [7, 11) is 0. The summed E-state index contributed by atoms with van der Waals surface area (Å²) in [6, 6.07) is 28.8. The molecule has 3 aromatic carbocycles. The van der Waals surface area contributed by atoms with E-state index in [1.807, 2.05) is 36.4 Å². The van der Waals surface area contributed by atoms with Crippen molar-refractivity contribution in [3.8, 4) is 0 Å². The molecule has 0 radical (unpaired) electrons. The van der Waals surface area contributed by atoms with Crippen LogP contribution in [-0.2, 0) is 4.79 Å². The number of benzene rings is 3. The number of carbonyl (C=O) groups excluding carboxylic acids is 1. The van der Waals surface area contributed by atoms with Gasteiger partial charge in [0, 0.05) is 5.69 Å². The predicted molar refractivity (Wildman–Crippen MR) is 126 cm³/mol. The molecule has 4 rings (SSSR count). The van der Waals surface area contributed by atoms with Crippen LogP contribution in [0.3, 0.4) is 0 Å². The quantitative estimate of drug-likeness (QED) is 0.651. The molecule has 0 bridgehead atoms. The molecule has 0 unspecified atom stereocenters. The number of quaternary nitrogens is 1. The van der Waals surface area contributed by atoms with Crippen molar-refractivity contribution >= 4 is 11.6 Å². The van der Waals surface area contributed by atoms with E-state index in [0.29, 0.717) is 0 Å². The summed E-state index contributed by atoms with van der Waals surface area (Å²) in [5.74, 6) is 0.108. The lowest BCUT2D eigenvalue weighted by atomic mass is 9.98. The van der Waals surface area contributed by atoms with Gasteiger partial charge >= 0.3 is 0 Å². The summed E-state index contributed by atoms with van der Waals surface area (Å²) in [5, 5.41) is 3.33. The van der Waals surface area contributed by atoms with Crippen molar-refractivity contribution in [1.82, 2.24) is 5.32 Å². The van der Waals surface area contributed by atoms with Crippen molar-refractivity contribution in [2.75, 3.05) is 31.1 Å². The molecular formula is C27H32N3O+. The van der Waals surface area contributed by atoms with E-state index in [1.54, 1.807) is 0 Å². The Labute approximate surface area is 185 Å². The molecular weight excluding hydrogens is 382 g/mol. The fraction of sp³-hybridized carbons (Fsp3) is 0.296. The Morgan fingerprint density at radius 2 is 1.35 bits per heavy atom. The van der Waals surface area contributed by atoms with E-state index in [0.717, 1.165) is 37.3 Å². The number of nitrogens with one attached hydrogen (secondary N) is 2. The number of piperazine rings is 1. The maximum atomic E-state index is 13.3. The van der Waals surface area contributed by atoms with Gasteiger partial charge in [-0.1, -0.05) is 78.9 Å². The van der Waals surface area contributed by atoms with Gasteiger partial charge in [-0.05, 0) is 36.6 Å². The van der Waals surface area contributed by atoms with Crippen LogP contribution < -0.4 is 15.1 Å². The van der Waals surface area contributed by atoms with Crippen LogP contribution in [0.4, 0.5) is 5.69 Å². The van der Waals surface area contributed by atoms with Gasteiger partial charge in [0.15, 0.2) is 6.04 Å². The van der Waals surface area contributed by atoms with E-state index in [-0.39, 0.29) is 18.0 Å². The molecule has 0 aliphatic carbocycles. The average Bonchev–Trinajstić information content (AvgIpc) is 2.83. The Bertz CT molecular complexity index is 942. The first-order valence-corrected chi connectivity index (χ1v) is 11.2. The topological polar surface area (TPSA) is 36.8 Å². The maximum absolute atomic E-state index is 13.3. The Balaban J connectivity index is 1.42. The lowest BCUT2D eigenvalue weighted by Crippen LogP contribution is -3.19. The summed E-state index contributed by atoms with van der Waals surface area (Å²) in [6.45, 7) is 8.09. The monoisotopic (exact) mass is 414 g/mol. The molecule has 4 nitrogen and oxygen atoms in total. The van der Waals surface area contributed by atoms with E-state index in [1.165, 1.54) is 16.2 Å². The van der Waals surface area contributed by atoms with Gasteiger partial charge in [-0.25, -0.2) is 0 Å². The molecule has 3 aromatic rings. The smallest absolute Gasteiger partial charge is 0.278 e. The lowest BCUT2D eigenvalue weighted by Gasteiger charge is -2.37. The van der Waals surface area contributed by atoms with Crippen LogP contribution in [0.5, 0.6) is 0 Å². The maximum Gasteiger partial charge on any atom is 0.278 e. The fourth-order valence-electron chi connectivity index (χ4n) is 4.49. The van der Waals surface area contributed by atoms with Crippen LogP contribution in [0.25, 0.3) is 0 Å². The molecule has 31 heavy (non-hydrogen) atoms. The van der Waals surface area contributed by atoms with Gasteiger partial charge in [-0.15, -0.1) is 0 Å². The standard InChI is InChI=1S/C27H31N3O/c1-21-11-9-10-16-25(21)30-19-17-29(18-20-30)22(2)27(31)28-26(23-12-5-3-6-13-23)24-14-7-4-8-15-24/h3-16,22,26H,17-20H2,1-2H3,(H,28,31)/p+1/t22-/m0/s1. The first kappa shape index (κ1) is 21.1. The molecule has 4 heteroatoms. The molecule has 1 aliphatic rings. The number of nitrogens with zero attached hydrogens (tertiary/aromatic N) is 1. The zero-order valence-electron chi connectivity index (χ0n) is 18.4. The second-order valence-electron chi connectivity index (χ2n) is 8.42. The average molecular weight is 415 g/mol. The van der Waals surface area contributed by atoms with Crippen LogP contribution in [-0.4, -0.2) is 38.1 Å². The number of aryl methyl sites for hydroxylation is 1. The Morgan fingerprint density at radius 3 is 1.90 bits per heavy atom. The van der Waals surface area contributed by atoms with Gasteiger partial charge in [0.25, 0.3) is 5.91 Å². The van der Waals surface area contributed by atoms with E-state index < -0.39 is 0 Å². The van der Waals surface area contributed by atoms with Crippen molar-refractivity contribution < 1.29 is 9.69 Å². The number of hydrogen-bond acceptors (Lipinski definition) is 2. The summed E-state index contributed by atoms with van der Waals surface area (Å²) in [6.07, 6.45) is 0. The number of anilines is 1. The third-order valence-electron chi connectivity index (χ3n) is 6.42. The molecule has 1 aliphatic heterocycles. The zero-order chi connectivity index (χ0) is 21.6. The van der Waals surface area contributed by atoms with E-state index >= 15 is 0 Å². The molecule has 0 saturated carbocycles. The SMILES string of the molecule is Cc1ccccc1N1CC[NH+]([C@@H](C)C(=O)NC(c2ccccc2)c2ccccc2)CC1. The molecule has 2 N–H and O–H groups in total. The van der Waals surface area contributed by atoms with Gasteiger partial charge < -0.3 is 15.1 Å².